The average Bonchev–Trinajstić information content (AvgIpc) is 3.28. The molecular formula is C22H16F3N5O2. The lowest BCUT2D eigenvalue weighted by atomic mass is 10.1. The molecule has 0 saturated carbocycles. The molecule has 0 N–H and O–H groups in total. The minimum Gasteiger partial charge on any atom is -0.415 e. The summed E-state index contributed by atoms with van der Waals surface area (Å²) in [6.45, 7) is 0. The molecule has 0 unspecified atom stereocenters. The molecule has 2 aromatic heterocycles. The number of amides is 1. The third-order valence-electron chi connectivity index (χ3n) is 4.58. The fourth-order valence-electron chi connectivity index (χ4n) is 3.00. The van der Waals surface area contributed by atoms with Gasteiger partial charge in [-0.15, -0.1) is 10.2 Å². The molecule has 0 atom stereocenters. The molecule has 0 aliphatic carbocycles. The summed E-state index contributed by atoms with van der Waals surface area (Å²) in [5.74, 6) is -0.466. The summed E-state index contributed by atoms with van der Waals surface area (Å²) < 4.78 is 45.4. The van der Waals surface area contributed by atoms with Gasteiger partial charge < -0.3 is 9.32 Å². The Morgan fingerprint density at radius 3 is 2.25 bits per heavy atom. The first-order valence-corrected chi connectivity index (χ1v) is 9.38. The second-order valence-electron chi connectivity index (χ2n) is 7.02. The fraction of sp³-hybridized carbons (Fsp3) is 0.136. The number of aromatic nitrogens is 4. The molecule has 1 amide bonds. The van der Waals surface area contributed by atoms with Crippen LogP contribution in [-0.4, -0.2) is 45.1 Å². The van der Waals surface area contributed by atoms with Crippen molar-refractivity contribution in [3.8, 4) is 34.3 Å². The van der Waals surface area contributed by atoms with Gasteiger partial charge >= 0.3 is 6.18 Å². The summed E-state index contributed by atoms with van der Waals surface area (Å²) in [7, 11) is 3.33. The summed E-state index contributed by atoms with van der Waals surface area (Å²) in [4.78, 5) is 22.0. The van der Waals surface area contributed by atoms with Gasteiger partial charge in [0.15, 0.2) is 0 Å². The van der Waals surface area contributed by atoms with Crippen molar-refractivity contribution in [3.63, 3.8) is 0 Å². The molecule has 0 saturated heterocycles. The topological polar surface area (TPSA) is 85.0 Å². The van der Waals surface area contributed by atoms with E-state index in [9.17, 15) is 18.0 Å². The van der Waals surface area contributed by atoms with E-state index < -0.39 is 11.7 Å². The largest absolute Gasteiger partial charge is 0.417 e. The molecule has 0 fully saturated rings. The van der Waals surface area contributed by atoms with Crippen molar-refractivity contribution in [2.45, 2.75) is 6.18 Å². The zero-order valence-corrected chi connectivity index (χ0v) is 17.0. The van der Waals surface area contributed by atoms with Gasteiger partial charge in [-0.05, 0) is 24.3 Å². The third kappa shape index (κ3) is 4.20. The van der Waals surface area contributed by atoms with Gasteiger partial charge in [0.05, 0.1) is 29.2 Å². The molecule has 0 bridgehead atoms. The fourth-order valence-corrected chi connectivity index (χ4v) is 3.00. The zero-order chi connectivity index (χ0) is 22.9. The summed E-state index contributed by atoms with van der Waals surface area (Å²) in [5, 5.41) is 7.60. The number of hydrogen-bond acceptors (Lipinski definition) is 6. The van der Waals surface area contributed by atoms with Crippen LogP contribution in [0.2, 0.25) is 0 Å². The maximum absolute atomic E-state index is 13.3. The Kier molecular flexibility index (Phi) is 5.43. The van der Waals surface area contributed by atoms with E-state index in [0.717, 1.165) is 6.07 Å². The molecule has 4 aromatic rings. The van der Waals surface area contributed by atoms with Crippen molar-refractivity contribution >= 4 is 5.91 Å². The van der Waals surface area contributed by atoms with Crippen LogP contribution in [0.5, 0.6) is 0 Å². The molecule has 2 aromatic carbocycles. The Balaban J connectivity index is 1.65. The molecule has 32 heavy (non-hydrogen) atoms. The Morgan fingerprint density at radius 2 is 1.56 bits per heavy atom. The van der Waals surface area contributed by atoms with Gasteiger partial charge in [0.1, 0.15) is 5.69 Å². The number of rotatable bonds is 4. The van der Waals surface area contributed by atoms with E-state index in [0.29, 0.717) is 16.8 Å². The molecule has 162 valence electrons. The number of benzene rings is 2. The molecule has 0 aliphatic heterocycles. The molecular weight excluding hydrogens is 423 g/mol. The highest BCUT2D eigenvalue weighted by atomic mass is 19.4. The van der Waals surface area contributed by atoms with Crippen LogP contribution in [0.25, 0.3) is 34.3 Å². The van der Waals surface area contributed by atoms with Crippen molar-refractivity contribution in [2.75, 3.05) is 14.1 Å². The van der Waals surface area contributed by atoms with Crippen molar-refractivity contribution in [1.82, 2.24) is 25.1 Å². The maximum atomic E-state index is 13.3. The third-order valence-corrected chi connectivity index (χ3v) is 4.58. The first kappa shape index (κ1) is 21.2. The summed E-state index contributed by atoms with van der Waals surface area (Å²) in [6.07, 6.45) is -1.67. The van der Waals surface area contributed by atoms with Crippen LogP contribution in [0, 0.1) is 0 Å². The molecule has 0 radical (unpaired) electrons. The number of carbonyl (C=O) groups is 1. The van der Waals surface area contributed by atoms with Crippen LogP contribution < -0.4 is 0 Å². The lowest BCUT2D eigenvalue weighted by Gasteiger charge is -2.10. The molecule has 4 rings (SSSR count). The van der Waals surface area contributed by atoms with E-state index in [-0.39, 0.29) is 28.9 Å². The van der Waals surface area contributed by atoms with Crippen LogP contribution >= 0.6 is 0 Å². The first-order chi connectivity index (χ1) is 15.2. The average molecular weight is 439 g/mol. The highest BCUT2D eigenvalue weighted by molar-refractivity contribution is 5.94. The lowest BCUT2D eigenvalue weighted by molar-refractivity contribution is -0.137. The van der Waals surface area contributed by atoms with Gasteiger partial charge in [-0.2, -0.15) is 13.2 Å². The smallest absolute Gasteiger partial charge is 0.415 e. The summed E-state index contributed by atoms with van der Waals surface area (Å²) in [6, 6.07) is 11.8. The first-order valence-electron chi connectivity index (χ1n) is 9.38. The van der Waals surface area contributed by atoms with Crippen LogP contribution in [-0.2, 0) is 6.18 Å². The van der Waals surface area contributed by atoms with Gasteiger partial charge in [0.2, 0.25) is 5.89 Å². The van der Waals surface area contributed by atoms with E-state index in [2.05, 4.69) is 20.2 Å². The van der Waals surface area contributed by atoms with Crippen molar-refractivity contribution in [1.29, 1.82) is 0 Å². The number of nitrogens with zero attached hydrogens (tertiary/aromatic N) is 5. The monoisotopic (exact) mass is 439 g/mol. The molecule has 0 spiro atoms. The predicted molar refractivity (Wildman–Crippen MR) is 109 cm³/mol. The van der Waals surface area contributed by atoms with E-state index in [1.165, 1.54) is 35.5 Å². The van der Waals surface area contributed by atoms with Crippen LogP contribution in [0.4, 0.5) is 13.2 Å². The second-order valence-corrected chi connectivity index (χ2v) is 7.02. The second kappa shape index (κ2) is 8.22. The number of halogens is 3. The summed E-state index contributed by atoms with van der Waals surface area (Å²) in [5.41, 5.74) is 0.803. The maximum Gasteiger partial charge on any atom is 0.417 e. The van der Waals surface area contributed by atoms with Crippen LogP contribution in [0.15, 0.2) is 65.3 Å². The van der Waals surface area contributed by atoms with Gasteiger partial charge in [0.25, 0.3) is 11.8 Å². The summed E-state index contributed by atoms with van der Waals surface area (Å²) >= 11 is 0. The number of alkyl halides is 3. The van der Waals surface area contributed by atoms with Gasteiger partial charge in [0, 0.05) is 25.2 Å². The van der Waals surface area contributed by atoms with E-state index in [1.807, 2.05) is 0 Å². The van der Waals surface area contributed by atoms with E-state index >= 15 is 0 Å². The van der Waals surface area contributed by atoms with E-state index in [4.69, 9.17) is 4.42 Å². The molecule has 10 heteroatoms. The number of carbonyl (C=O) groups excluding carboxylic acids is 1. The highest BCUT2D eigenvalue weighted by Gasteiger charge is 2.34. The standard InChI is InChI=1S/C22H16F3N5O2/c1-30(2)21(31)14-9-7-13(8-10-14)17-11-26-12-18(27-17)20-29-28-19(32-20)15-5-3-4-6-16(15)22(23,24)25/h3-12H,1-2H3. The normalized spacial score (nSPS) is 11.4. The Hall–Kier alpha value is -4.08. The van der Waals surface area contributed by atoms with Crippen molar-refractivity contribution < 1.29 is 22.4 Å². The molecule has 7 nitrogen and oxygen atoms in total. The molecule has 0 aliphatic rings. The van der Waals surface area contributed by atoms with Crippen LogP contribution in [0.1, 0.15) is 15.9 Å². The van der Waals surface area contributed by atoms with Crippen molar-refractivity contribution in [3.05, 3.63) is 72.1 Å². The zero-order valence-electron chi connectivity index (χ0n) is 17.0. The number of hydrogen-bond donors (Lipinski definition) is 0. The predicted octanol–water partition coefficient (Wildman–Crippen LogP) is 4.58. The highest BCUT2D eigenvalue weighted by Crippen LogP contribution is 2.37. The van der Waals surface area contributed by atoms with Gasteiger partial charge in [-0.3, -0.25) is 9.78 Å². The SMILES string of the molecule is CN(C)C(=O)c1ccc(-c2cncc(-c3nnc(-c4ccccc4C(F)(F)F)o3)n2)cc1. The van der Waals surface area contributed by atoms with Gasteiger partial charge in [-0.1, -0.05) is 24.3 Å². The van der Waals surface area contributed by atoms with Crippen molar-refractivity contribution in [2.24, 2.45) is 0 Å². The minimum absolute atomic E-state index is 0.0641. The Labute approximate surface area is 180 Å². The van der Waals surface area contributed by atoms with Gasteiger partial charge in [-0.25, -0.2) is 4.98 Å². The quantitative estimate of drug-likeness (QED) is 0.463. The lowest BCUT2D eigenvalue weighted by Crippen LogP contribution is -2.21. The molecule has 2 heterocycles. The minimum atomic E-state index is -4.56. The Bertz CT molecular complexity index is 1270. The Morgan fingerprint density at radius 1 is 0.906 bits per heavy atom. The van der Waals surface area contributed by atoms with E-state index in [1.54, 1.807) is 38.4 Å². The van der Waals surface area contributed by atoms with Crippen LogP contribution in [0.3, 0.4) is 0 Å².